The monoisotopic (exact) mass is 457 g/mol. The number of nitrogens with one attached hydrogen (secondary N) is 1. The van der Waals surface area contributed by atoms with Gasteiger partial charge in [0.15, 0.2) is 5.58 Å². The summed E-state index contributed by atoms with van der Waals surface area (Å²) in [5.41, 5.74) is 10.6. The maximum absolute atomic E-state index is 13.2. The molecule has 1 saturated heterocycles. The summed E-state index contributed by atoms with van der Waals surface area (Å²) in [4.78, 5) is 33.2. The van der Waals surface area contributed by atoms with Crippen LogP contribution < -0.4 is 16.0 Å². The number of oxazole rings is 1. The van der Waals surface area contributed by atoms with Gasteiger partial charge in [-0.2, -0.15) is 4.98 Å². The molecule has 1 saturated carbocycles. The number of nitrogen functional groups attached to an aromatic ring is 1. The van der Waals surface area contributed by atoms with Gasteiger partial charge in [0.2, 0.25) is 5.65 Å². The number of hydrogen-bond acceptors (Lipinski definition) is 9. The zero-order chi connectivity index (χ0) is 23.1. The van der Waals surface area contributed by atoms with E-state index < -0.39 is 0 Å². The van der Waals surface area contributed by atoms with E-state index in [9.17, 15) is 4.79 Å². The Hall–Kier alpha value is -4.05. The second kappa shape index (κ2) is 8.38. The molecule has 0 bridgehead atoms. The highest BCUT2D eigenvalue weighted by Gasteiger charge is 2.30. The van der Waals surface area contributed by atoms with Crippen LogP contribution in [0.4, 0.5) is 17.4 Å². The minimum Gasteiger partial charge on any atom is -0.422 e. The van der Waals surface area contributed by atoms with Gasteiger partial charge in [-0.15, -0.1) is 0 Å². The number of ether oxygens (including phenoxy) is 1. The summed E-state index contributed by atoms with van der Waals surface area (Å²) in [5, 5.41) is 2.99. The molecule has 2 aliphatic rings. The van der Waals surface area contributed by atoms with Crippen molar-refractivity contribution < 1.29 is 13.9 Å². The Balaban J connectivity index is 1.32. The van der Waals surface area contributed by atoms with Crippen molar-refractivity contribution in [3.05, 3.63) is 54.1 Å². The van der Waals surface area contributed by atoms with Crippen LogP contribution >= 0.6 is 0 Å². The fraction of sp³-hybridized carbons (Fsp3) is 0.292. The van der Waals surface area contributed by atoms with Gasteiger partial charge < -0.3 is 25.1 Å². The third kappa shape index (κ3) is 3.92. The third-order valence-electron chi connectivity index (χ3n) is 5.99. The zero-order valence-corrected chi connectivity index (χ0v) is 18.4. The van der Waals surface area contributed by atoms with Gasteiger partial charge in [-0.1, -0.05) is 0 Å². The number of anilines is 3. The molecule has 0 radical (unpaired) electrons. The zero-order valence-electron chi connectivity index (χ0n) is 18.4. The smallest absolute Gasteiger partial charge is 0.300 e. The largest absolute Gasteiger partial charge is 0.422 e. The summed E-state index contributed by atoms with van der Waals surface area (Å²) in [7, 11) is 0. The van der Waals surface area contributed by atoms with E-state index in [1.165, 1.54) is 0 Å². The number of amides is 1. The molecule has 0 atom stereocenters. The summed E-state index contributed by atoms with van der Waals surface area (Å²) >= 11 is 0. The van der Waals surface area contributed by atoms with Crippen LogP contribution in [0.5, 0.6) is 0 Å². The molecular weight excluding hydrogens is 434 g/mol. The van der Waals surface area contributed by atoms with Crippen LogP contribution in [-0.2, 0) is 4.74 Å². The Bertz CT molecular complexity index is 1360. The van der Waals surface area contributed by atoms with Gasteiger partial charge in [-0.3, -0.25) is 9.78 Å². The Kier molecular flexibility index (Phi) is 5.06. The number of aromatic nitrogens is 4. The molecule has 10 heteroatoms. The van der Waals surface area contributed by atoms with E-state index in [2.05, 4.69) is 20.3 Å². The van der Waals surface area contributed by atoms with Crippen molar-refractivity contribution >= 4 is 34.5 Å². The lowest BCUT2D eigenvalue weighted by Crippen LogP contribution is -2.36. The number of pyridine rings is 3. The van der Waals surface area contributed by atoms with Crippen LogP contribution in [0, 0.1) is 0 Å². The number of nitrogens with zero attached hydrogens (tertiary/aromatic N) is 5. The predicted molar refractivity (Wildman–Crippen MR) is 127 cm³/mol. The quantitative estimate of drug-likeness (QED) is 0.463. The van der Waals surface area contributed by atoms with Crippen LogP contribution in [0.25, 0.3) is 22.5 Å². The molecule has 3 N–H and O–H groups in total. The SMILES string of the molecule is Nc1ccc(C(=O)Nc2cc3oc(N4CCOCC4)nc3nc2C2CC2)nc1-c1cccnc1. The Morgan fingerprint density at radius 1 is 1.12 bits per heavy atom. The number of hydrogen-bond donors (Lipinski definition) is 2. The molecule has 172 valence electrons. The number of carbonyl (C=O) groups excluding carboxylic acids is 1. The average molecular weight is 457 g/mol. The maximum atomic E-state index is 13.2. The molecular formula is C24H23N7O3. The molecule has 34 heavy (non-hydrogen) atoms. The molecule has 4 aromatic rings. The molecule has 0 unspecified atom stereocenters. The minimum atomic E-state index is -0.346. The molecule has 1 aliphatic carbocycles. The lowest BCUT2D eigenvalue weighted by atomic mass is 10.1. The first kappa shape index (κ1) is 20.5. The number of rotatable bonds is 5. The van der Waals surface area contributed by atoms with E-state index in [1.807, 2.05) is 17.0 Å². The summed E-state index contributed by atoms with van der Waals surface area (Å²) < 4.78 is 11.4. The van der Waals surface area contributed by atoms with E-state index in [0.29, 0.717) is 66.5 Å². The van der Waals surface area contributed by atoms with Gasteiger partial charge in [0.1, 0.15) is 5.69 Å². The topological polar surface area (TPSA) is 132 Å². The van der Waals surface area contributed by atoms with Crippen molar-refractivity contribution in [2.24, 2.45) is 0 Å². The van der Waals surface area contributed by atoms with E-state index in [-0.39, 0.29) is 11.6 Å². The average Bonchev–Trinajstić information content (AvgIpc) is 3.64. The highest BCUT2D eigenvalue weighted by molar-refractivity contribution is 6.04. The van der Waals surface area contributed by atoms with Crippen LogP contribution in [0.1, 0.15) is 34.9 Å². The fourth-order valence-corrected chi connectivity index (χ4v) is 4.04. The minimum absolute atomic E-state index is 0.251. The highest BCUT2D eigenvalue weighted by atomic mass is 16.5. The standard InChI is InChI=1S/C24H23N7O3/c25-16-5-6-17(27-20(16)15-2-1-7-26-13-15)23(32)28-18-12-19-22(29-21(18)14-3-4-14)30-24(34-19)31-8-10-33-11-9-31/h1-2,5-7,12-14H,3-4,8-11,25H2,(H,28,32). The normalized spacial score (nSPS) is 16.1. The highest BCUT2D eigenvalue weighted by Crippen LogP contribution is 2.43. The second-order valence-electron chi connectivity index (χ2n) is 8.44. The van der Waals surface area contributed by atoms with Crippen molar-refractivity contribution in [2.75, 3.05) is 42.3 Å². The van der Waals surface area contributed by atoms with Crippen molar-refractivity contribution in [1.29, 1.82) is 0 Å². The van der Waals surface area contributed by atoms with Gasteiger partial charge in [-0.25, -0.2) is 9.97 Å². The molecule has 1 aliphatic heterocycles. The van der Waals surface area contributed by atoms with E-state index in [4.69, 9.17) is 19.9 Å². The van der Waals surface area contributed by atoms with Crippen LogP contribution in [0.2, 0.25) is 0 Å². The first-order valence-corrected chi connectivity index (χ1v) is 11.3. The number of fused-ring (bicyclic) bond motifs is 1. The Labute approximate surface area is 195 Å². The van der Waals surface area contributed by atoms with Crippen LogP contribution in [-0.4, -0.2) is 52.1 Å². The summed E-state index contributed by atoms with van der Waals surface area (Å²) in [6.45, 7) is 2.70. The first-order valence-electron chi connectivity index (χ1n) is 11.3. The number of nitrogens with two attached hydrogens (primary N) is 1. The third-order valence-corrected chi connectivity index (χ3v) is 5.99. The Morgan fingerprint density at radius 3 is 2.74 bits per heavy atom. The lowest BCUT2D eigenvalue weighted by Gasteiger charge is -2.24. The van der Waals surface area contributed by atoms with Gasteiger partial charge in [0.25, 0.3) is 11.9 Å². The van der Waals surface area contributed by atoms with Gasteiger partial charge in [0, 0.05) is 43.0 Å². The number of morpholine rings is 1. The summed E-state index contributed by atoms with van der Waals surface area (Å²) in [5.74, 6) is -0.0466. The second-order valence-corrected chi connectivity index (χ2v) is 8.44. The molecule has 0 spiro atoms. The fourth-order valence-electron chi connectivity index (χ4n) is 4.04. The predicted octanol–water partition coefficient (Wildman–Crippen LogP) is 3.23. The van der Waals surface area contributed by atoms with E-state index in [1.54, 1.807) is 30.6 Å². The molecule has 4 aromatic heterocycles. The van der Waals surface area contributed by atoms with E-state index >= 15 is 0 Å². The van der Waals surface area contributed by atoms with Gasteiger partial charge in [0.05, 0.1) is 36.0 Å². The molecule has 0 aromatic carbocycles. The number of carbonyl (C=O) groups is 1. The summed E-state index contributed by atoms with van der Waals surface area (Å²) in [6, 6.07) is 9.28. The van der Waals surface area contributed by atoms with Crippen molar-refractivity contribution in [3.8, 4) is 11.3 Å². The van der Waals surface area contributed by atoms with Gasteiger partial charge >= 0.3 is 0 Å². The molecule has 10 nitrogen and oxygen atoms in total. The van der Waals surface area contributed by atoms with Crippen molar-refractivity contribution in [1.82, 2.24) is 19.9 Å². The van der Waals surface area contributed by atoms with E-state index in [0.717, 1.165) is 24.1 Å². The molecule has 2 fully saturated rings. The first-order chi connectivity index (χ1) is 16.7. The maximum Gasteiger partial charge on any atom is 0.300 e. The van der Waals surface area contributed by atoms with Crippen LogP contribution in [0.3, 0.4) is 0 Å². The lowest BCUT2D eigenvalue weighted by molar-refractivity contribution is 0.102. The van der Waals surface area contributed by atoms with Crippen LogP contribution in [0.15, 0.2) is 47.1 Å². The Morgan fingerprint density at radius 2 is 1.97 bits per heavy atom. The van der Waals surface area contributed by atoms with Gasteiger partial charge in [-0.05, 0) is 37.1 Å². The molecule has 6 rings (SSSR count). The van der Waals surface area contributed by atoms with Crippen molar-refractivity contribution in [3.63, 3.8) is 0 Å². The van der Waals surface area contributed by atoms with Crippen molar-refractivity contribution in [2.45, 2.75) is 18.8 Å². The molecule has 5 heterocycles. The molecule has 1 amide bonds. The summed E-state index contributed by atoms with van der Waals surface area (Å²) in [6.07, 6.45) is 5.40.